The summed E-state index contributed by atoms with van der Waals surface area (Å²) >= 11 is 0. The first-order valence-electron chi connectivity index (χ1n) is 26.2. The van der Waals surface area contributed by atoms with Crippen molar-refractivity contribution in [1.82, 2.24) is 20.0 Å². The summed E-state index contributed by atoms with van der Waals surface area (Å²) in [5, 5.41) is 14.5. The fourth-order valence-corrected chi connectivity index (χ4v) is 11.6. The van der Waals surface area contributed by atoms with Gasteiger partial charge in [-0.25, -0.2) is 0 Å². The molecular formula is C55H81N5O12. The zero-order chi connectivity index (χ0) is 52.6. The molecule has 3 aliphatic rings. The number of nitro benzene ring substituents is 1. The van der Waals surface area contributed by atoms with Gasteiger partial charge < -0.3 is 34.1 Å². The number of nitro groups is 1. The van der Waals surface area contributed by atoms with E-state index in [1.165, 1.54) is 19.2 Å². The molecule has 11 atom stereocenters. The van der Waals surface area contributed by atoms with Gasteiger partial charge in [-0.1, -0.05) is 84.2 Å². The second-order valence-electron chi connectivity index (χ2n) is 20.7. The monoisotopic (exact) mass is 1000 g/mol. The van der Waals surface area contributed by atoms with Gasteiger partial charge in [-0.05, 0) is 93.4 Å². The Morgan fingerprint density at radius 3 is 2.29 bits per heavy atom. The van der Waals surface area contributed by atoms with Gasteiger partial charge >= 0.3 is 5.97 Å². The average molecular weight is 1000 g/mol. The van der Waals surface area contributed by atoms with Crippen molar-refractivity contribution in [2.75, 3.05) is 48.1 Å². The first-order valence-corrected chi connectivity index (χ1v) is 26.2. The van der Waals surface area contributed by atoms with Crippen LogP contribution in [0.4, 0.5) is 5.69 Å². The molecule has 0 radical (unpaired) electrons. The number of rotatable bonds is 30. The fraction of sp³-hybridized carbons (Fsp3) is 0.673. The van der Waals surface area contributed by atoms with E-state index in [-0.39, 0.29) is 77.4 Å². The van der Waals surface area contributed by atoms with Crippen LogP contribution in [0.3, 0.4) is 0 Å². The molecule has 0 aromatic heterocycles. The first-order chi connectivity index (χ1) is 34.5. The molecule has 2 aromatic rings. The van der Waals surface area contributed by atoms with Crippen LogP contribution in [0, 0.1) is 39.7 Å². The predicted octanol–water partition coefficient (Wildman–Crippen LogP) is 7.25. The first kappa shape index (κ1) is 57.6. The van der Waals surface area contributed by atoms with Crippen molar-refractivity contribution in [2.45, 2.75) is 161 Å². The van der Waals surface area contributed by atoms with Gasteiger partial charge in [0.15, 0.2) is 6.29 Å². The summed E-state index contributed by atoms with van der Waals surface area (Å²) in [7, 11) is 6.18. The van der Waals surface area contributed by atoms with Crippen molar-refractivity contribution in [3.05, 3.63) is 69.8 Å². The van der Waals surface area contributed by atoms with Crippen molar-refractivity contribution >= 4 is 41.4 Å². The number of hydrogen-bond acceptors (Lipinski definition) is 13. The lowest BCUT2D eigenvalue weighted by Gasteiger charge is -2.41. The Bertz CT molecular complexity index is 2140. The second-order valence-corrected chi connectivity index (χ2v) is 20.7. The van der Waals surface area contributed by atoms with Gasteiger partial charge in [-0.3, -0.25) is 43.8 Å². The maximum absolute atomic E-state index is 14.7. The van der Waals surface area contributed by atoms with E-state index in [4.69, 9.17) is 18.9 Å². The molecule has 3 amide bonds. The standard InChI is InChI=1S/C55H81N5O12/c1-10-36(4)50(47(69-7)33-48(63)59-27-18-21-44(59)52(70-8)37(5)46(62)31-41(55(66)71-9)29-38-19-14-13-15-20-38)57(6)54(65)49(35(2)3)56-53(64)51-39-22-24-42(30-39)58(51)26-16-11-12-17-28-72-43-25-23-40(34-61)45(32-43)60(67)68/h13-15,19-20,23,25,32,34-37,39,41-42,44,47,49-52H,10-12,16-18,21-22,24,26-31,33H2,1-9H3,(H,56,64)/t36-,37-,39-,41+,42-,44-,47+,49-,50-,51-,52+/m0/s1. The van der Waals surface area contributed by atoms with Crippen LogP contribution in [-0.4, -0.2) is 146 Å². The molecule has 0 spiro atoms. The third-order valence-corrected chi connectivity index (χ3v) is 15.8. The van der Waals surface area contributed by atoms with Gasteiger partial charge in [-0.2, -0.15) is 0 Å². The number of nitrogens with one attached hydrogen (secondary N) is 1. The number of hydrogen-bond donors (Lipinski definition) is 1. The van der Waals surface area contributed by atoms with Crippen LogP contribution >= 0.6 is 0 Å². The number of likely N-dealkylation sites (N-methyl/N-ethyl adjacent to an activating group) is 1. The van der Waals surface area contributed by atoms with Crippen molar-refractivity contribution < 1.29 is 52.6 Å². The topological polar surface area (TPSA) is 204 Å². The molecule has 17 heteroatoms. The summed E-state index contributed by atoms with van der Waals surface area (Å²) in [6.07, 6.45) is 7.93. The minimum Gasteiger partial charge on any atom is -0.493 e. The second kappa shape index (κ2) is 27.7. The number of ketones is 1. The zero-order valence-corrected chi connectivity index (χ0v) is 44.1. The summed E-state index contributed by atoms with van der Waals surface area (Å²) in [6.45, 7) is 11.4. The molecule has 2 saturated heterocycles. The Morgan fingerprint density at radius 1 is 0.931 bits per heavy atom. The Morgan fingerprint density at radius 2 is 1.65 bits per heavy atom. The van der Waals surface area contributed by atoms with E-state index in [1.807, 2.05) is 58.0 Å². The van der Waals surface area contributed by atoms with Crippen LogP contribution in [0.25, 0.3) is 0 Å². The highest BCUT2D eigenvalue weighted by atomic mass is 16.6. The van der Waals surface area contributed by atoms with Gasteiger partial charge in [-0.15, -0.1) is 0 Å². The van der Waals surface area contributed by atoms with Crippen LogP contribution in [-0.2, 0) is 44.6 Å². The molecule has 398 valence electrons. The molecule has 1 aliphatic carbocycles. The maximum atomic E-state index is 14.7. The van der Waals surface area contributed by atoms with E-state index in [1.54, 1.807) is 44.1 Å². The van der Waals surface area contributed by atoms with Crippen LogP contribution in [0.5, 0.6) is 5.75 Å². The Kier molecular flexibility index (Phi) is 22.2. The summed E-state index contributed by atoms with van der Waals surface area (Å²) in [5.41, 5.74) is 0.643. The molecule has 0 unspecified atom stereocenters. The number of benzene rings is 2. The number of Topliss-reactive ketones (excluding diaryl/α,β-unsaturated/α-hetero) is 1. The third-order valence-electron chi connectivity index (χ3n) is 15.8. The highest BCUT2D eigenvalue weighted by molar-refractivity contribution is 5.91. The number of methoxy groups -OCH3 is 3. The molecule has 2 bridgehead atoms. The van der Waals surface area contributed by atoms with Crippen LogP contribution in [0.15, 0.2) is 48.5 Å². The van der Waals surface area contributed by atoms with E-state index >= 15 is 0 Å². The third kappa shape index (κ3) is 14.5. The summed E-state index contributed by atoms with van der Waals surface area (Å²) in [4.78, 5) is 98.0. The fourth-order valence-electron chi connectivity index (χ4n) is 11.6. The van der Waals surface area contributed by atoms with E-state index in [0.717, 1.165) is 63.5 Å². The SMILES string of the molecule is CC[C@H](C)[C@@H]([C@@H](CC(=O)N1CCC[C@H]1[C@H](OC)[C@@H](C)C(=O)C[C@@H](Cc1ccccc1)C(=O)OC)OC)N(C)C(=O)[C@@H](NC(=O)[C@@H]1[C@H]2CC[C@@H](C2)N1CCCCCCOc1ccc(C=O)c([N+](=O)[O-])c1)C(C)C. The number of likely N-dealkylation sites (tertiary alicyclic amines) is 2. The summed E-state index contributed by atoms with van der Waals surface area (Å²) in [6, 6.07) is 12.0. The van der Waals surface area contributed by atoms with Crippen molar-refractivity contribution in [3.63, 3.8) is 0 Å². The Labute approximate surface area is 426 Å². The molecule has 2 aliphatic heterocycles. The number of unbranched alkanes of at least 4 members (excludes halogenated alkanes) is 3. The summed E-state index contributed by atoms with van der Waals surface area (Å²) in [5.74, 6) is -2.16. The number of carbonyl (C=O) groups excluding carboxylic acids is 6. The number of nitrogens with zero attached hydrogens (tertiary/aromatic N) is 4. The highest BCUT2D eigenvalue weighted by Crippen LogP contribution is 2.43. The van der Waals surface area contributed by atoms with Crippen molar-refractivity contribution in [3.8, 4) is 5.75 Å². The molecule has 2 aromatic carbocycles. The lowest BCUT2D eigenvalue weighted by molar-refractivity contribution is -0.385. The largest absolute Gasteiger partial charge is 0.493 e. The lowest BCUT2D eigenvalue weighted by atomic mass is 9.85. The quantitative estimate of drug-likeness (QED) is 0.0270. The minimum absolute atomic E-state index is 0.00218. The van der Waals surface area contributed by atoms with E-state index in [9.17, 15) is 38.9 Å². The molecule has 3 fully saturated rings. The van der Waals surface area contributed by atoms with Gasteiger partial charge in [0, 0.05) is 46.2 Å². The van der Waals surface area contributed by atoms with E-state index in [2.05, 4.69) is 10.2 Å². The number of piperidine rings is 1. The molecule has 1 N–H and O–H groups in total. The number of ether oxygens (including phenoxy) is 4. The molecule has 1 saturated carbocycles. The van der Waals surface area contributed by atoms with Crippen LogP contribution < -0.4 is 10.1 Å². The number of amides is 3. The number of fused-ring (bicyclic) bond motifs is 2. The Balaban J connectivity index is 1.19. The Hall–Kier alpha value is -5.26. The molecule has 17 nitrogen and oxygen atoms in total. The van der Waals surface area contributed by atoms with Gasteiger partial charge in [0.2, 0.25) is 17.7 Å². The lowest BCUT2D eigenvalue weighted by Crippen LogP contribution is -2.60. The van der Waals surface area contributed by atoms with Crippen molar-refractivity contribution in [2.24, 2.45) is 29.6 Å². The van der Waals surface area contributed by atoms with Crippen LogP contribution in [0.1, 0.15) is 128 Å². The average Bonchev–Trinajstić information content (AvgIpc) is 4.15. The van der Waals surface area contributed by atoms with Gasteiger partial charge in [0.1, 0.15) is 17.6 Å². The number of aldehydes is 1. The highest BCUT2D eigenvalue weighted by Gasteiger charge is 2.50. The predicted molar refractivity (Wildman–Crippen MR) is 272 cm³/mol. The normalized spacial score (nSPS) is 21.6. The zero-order valence-electron chi connectivity index (χ0n) is 44.1. The van der Waals surface area contributed by atoms with E-state index < -0.39 is 47.0 Å². The van der Waals surface area contributed by atoms with Crippen LogP contribution in [0.2, 0.25) is 0 Å². The maximum Gasteiger partial charge on any atom is 0.309 e. The van der Waals surface area contributed by atoms with Gasteiger partial charge in [0.05, 0.1) is 72.9 Å². The van der Waals surface area contributed by atoms with Crippen molar-refractivity contribution in [1.29, 1.82) is 0 Å². The molecule has 72 heavy (non-hydrogen) atoms. The summed E-state index contributed by atoms with van der Waals surface area (Å²) < 4.78 is 23.0. The van der Waals surface area contributed by atoms with E-state index in [0.29, 0.717) is 50.5 Å². The minimum atomic E-state index is -0.810. The smallest absolute Gasteiger partial charge is 0.309 e. The number of carbonyl (C=O) groups is 6. The molecule has 5 rings (SSSR count). The molecule has 2 heterocycles. The van der Waals surface area contributed by atoms with Gasteiger partial charge in [0.25, 0.3) is 5.69 Å². The number of esters is 1. The molecular weight excluding hydrogens is 923 g/mol.